The van der Waals surface area contributed by atoms with Gasteiger partial charge in [-0.25, -0.2) is 0 Å². The van der Waals surface area contributed by atoms with Gasteiger partial charge in [0.15, 0.2) is 0 Å². The van der Waals surface area contributed by atoms with Gasteiger partial charge in [0, 0.05) is 6.04 Å². The molecule has 3 rings (SSSR count). The predicted octanol–water partition coefficient (Wildman–Crippen LogP) is 2.88. The molecule has 0 radical (unpaired) electrons. The van der Waals surface area contributed by atoms with Gasteiger partial charge in [0.2, 0.25) is 0 Å². The highest BCUT2D eigenvalue weighted by atomic mass is 16.5. The summed E-state index contributed by atoms with van der Waals surface area (Å²) in [6.45, 7) is 0.0641. The van der Waals surface area contributed by atoms with Gasteiger partial charge in [-0.2, -0.15) is 0 Å². The summed E-state index contributed by atoms with van der Waals surface area (Å²) < 4.78 is 10.6. The van der Waals surface area contributed by atoms with Crippen molar-refractivity contribution in [1.82, 2.24) is 5.32 Å². The molecule has 0 aliphatic heterocycles. The number of hydrogen-bond acceptors (Lipinski definition) is 4. The molecule has 0 saturated heterocycles. The summed E-state index contributed by atoms with van der Waals surface area (Å²) in [5.41, 5.74) is 3.78. The van der Waals surface area contributed by atoms with Gasteiger partial charge in [0.1, 0.15) is 11.5 Å². The Morgan fingerprint density at radius 3 is 2.62 bits per heavy atom. The van der Waals surface area contributed by atoms with Crippen molar-refractivity contribution in [2.45, 2.75) is 31.3 Å². The fourth-order valence-electron chi connectivity index (χ4n) is 3.40. The zero-order valence-electron chi connectivity index (χ0n) is 14.3. The third-order valence-corrected chi connectivity index (χ3v) is 4.76. The molecule has 2 aromatic carbocycles. The van der Waals surface area contributed by atoms with Crippen molar-refractivity contribution in [3.8, 4) is 11.5 Å². The van der Waals surface area contributed by atoms with E-state index in [9.17, 15) is 5.11 Å². The molecule has 0 bridgehead atoms. The van der Waals surface area contributed by atoms with E-state index in [1.54, 1.807) is 14.2 Å². The van der Waals surface area contributed by atoms with Crippen LogP contribution in [0.2, 0.25) is 0 Å². The lowest BCUT2D eigenvalue weighted by molar-refractivity contribution is 0.228. The third kappa shape index (κ3) is 3.71. The van der Waals surface area contributed by atoms with E-state index < -0.39 is 0 Å². The first-order valence-electron chi connectivity index (χ1n) is 8.40. The Bertz CT molecular complexity index is 686. The molecule has 0 saturated carbocycles. The molecule has 0 spiro atoms. The molecule has 128 valence electrons. The Morgan fingerprint density at radius 1 is 1.08 bits per heavy atom. The Morgan fingerprint density at radius 2 is 1.88 bits per heavy atom. The number of aliphatic hydroxyl groups excluding tert-OH is 1. The van der Waals surface area contributed by atoms with Crippen LogP contribution >= 0.6 is 0 Å². The summed E-state index contributed by atoms with van der Waals surface area (Å²) in [7, 11) is 3.36. The first-order valence-corrected chi connectivity index (χ1v) is 8.40. The molecule has 0 amide bonds. The first kappa shape index (κ1) is 16.8. The lowest BCUT2D eigenvalue weighted by Crippen LogP contribution is -2.38. The van der Waals surface area contributed by atoms with Crippen LogP contribution in [0.25, 0.3) is 0 Å². The van der Waals surface area contributed by atoms with E-state index in [0.29, 0.717) is 6.04 Å². The van der Waals surface area contributed by atoms with E-state index in [4.69, 9.17) is 9.47 Å². The molecular weight excluding hydrogens is 302 g/mol. The maximum atomic E-state index is 9.83. The first-order chi connectivity index (χ1) is 11.7. The van der Waals surface area contributed by atoms with Crippen LogP contribution in [0.5, 0.6) is 11.5 Å². The second kappa shape index (κ2) is 7.69. The number of nitrogens with one attached hydrogen (secondary N) is 1. The van der Waals surface area contributed by atoms with Crippen molar-refractivity contribution in [2.75, 3.05) is 20.8 Å². The zero-order chi connectivity index (χ0) is 16.9. The largest absolute Gasteiger partial charge is 0.497 e. The van der Waals surface area contributed by atoms with Gasteiger partial charge in [-0.15, -0.1) is 0 Å². The normalized spacial score (nSPS) is 17.9. The summed E-state index contributed by atoms with van der Waals surface area (Å²) in [6, 6.07) is 14.5. The van der Waals surface area contributed by atoms with E-state index in [-0.39, 0.29) is 12.6 Å². The van der Waals surface area contributed by atoms with Crippen LogP contribution < -0.4 is 14.8 Å². The molecule has 0 heterocycles. The van der Waals surface area contributed by atoms with Crippen molar-refractivity contribution >= 4 is 0 Å². The van der Waals surface area contributed by atoms with E-state index in [0.717, 1.165) is 36.3 Å². The van der Waals surface area contributed by atoms with E-state index in [1.807, 2.05) is 30.3 Å². The SMILES string of the molecule is COc1cccc(C(CO)NC2CCc3ccc(OC)cc3C2)c1. The molecule has 0 fully saturated rings. The van der Waals surface area contributed by atoms with Crippen LogP contribution in [0.4, 0.5) is 0 Å². The molecule has 0 aromatic heterocycles. The summed E-state index contributed by atoms with van der Waals surface area (Å²) in [4.78, 5) is 0. The highest BCUT2D eigenvalue weighted by Crippen LogP contribution is 2.27. The molecular formula is C20H25NO3. The van der Waals surface area contributed by atoms with E-state index in [2.05, 4.69) is 17.4 Å². The summed E-state index contributed by atoms with van der Waals surface area (Å²) >= 11 is 0. The quantitative estimate of drug-likeness (QED) is 0.856. The van der Waals surface area contributed by atoms with E-state index in [1.165, 1.54) is 11.1 Å². The van der Waals surface area contributed by atoms with Crippen molar-refractivity contribution in [1.29, 1.82) is 0 Å². The minimum atomic E-state index is -0.0859. The van der Waals surface area contributed by atoms with Crippen LogP contribution in [0.15, 0.2) is 42.5 Å². The number of ether oxygens (including phenoxy) is 2. The van der Waals surface area contributed by atoms with Crippen LogP contribution in [-0.2, 0) is 12.8 Å². The molecule has 24 heavy (non-hydrogen) atoms. The summed E-state index contributed by atoms with van der Waals surface area (Å²) in [5.74, 6) is 1.72. The number of methoxy groups -OCH3 is 2. The number of hydrogen-bond donors (Lipinski definition) is 2. The standard InChI is InChI=1S/C20H25NO3/c1-23-18-5-3-4-15(11-18)20(13-22)21-17-8-6-14-7-9-19(24-2)12-16(14)10-17/h3-5,7,9,11-12,17,20-22H,6,8,10,13H2,1-2H3. The number of benzene rings is 2. The molecule has 1 aliphatic carbocycles. The second-order valence-electron chi connectivity index (χ2n) is 6.25. The molecule has 4 heteroatoms. The highest BCUT2D eigenvalue weighted by Gasteiger charge is 2.22. The summed E-state index contributed by atoms with van der Waals surface area (Å²) in [6.07, 6.45) is 3.07. The average molecular weight is 327 g/mol. The van der Waals surface area contributed by atoms with Crippen LogP contribution in [0.3, 0.4) is 0 Å². The fourth-order valence-corrected chi connectivity index (χ4v) is 3.40. The van der Waals surface area contributed by atoms with Gasteiger partial charge in [0.25, 0.3) is 0 Å². The number of rotatable bonds is 6. The Hall–Kier alpha value is -2.04. The second-order valence-corrected chi connectivity index (χ2v) is 6.25. The van der Waals surface area contributed by atoms with E-state index >= 15 is 0 Å². The lowest BCUT2D eigenvalue weighted by atomic mass is 9.87. The minimum absolute atomic E-state index is 0.0641. The number of aryl methyl sites for hydroxylation is 1. The average Bonchev–Trinajstić information content (AvgIpc) is 2.65. The van der Waals surface area contributed by atoms with Crippen LogP contribution in [0.1, 0.15) is 29.2 Å². The van der Waals surface area contributed by atoms with Crippen molar-refractivity contribution in [2.24, 2.45) is 0 Å². The maximum Gasteiger partial charge on any atom is 0.119 e. The topological polar surface area (TPSA) is 50.7 Å². The lowest BCUT2D eigenvalue weighted by Gasteiger charge is -2.29. The molecule has 2 aromatic rings. The molecule has 1 aliphatic rings. The van der Waals surface area contributed by atoms with Crippen molar-refractivity contribution < 1.29 is 14.6 Å². The monoisotopic (exact) mass is 327 g/mol. The number of fused-ring (bicyclic) bond motifs is 1. The Balaban J connectivity index is 1.72. The molecule has 4 nitrogen and oxygen atoms in total. The van der Waals surface area contributed by atoms with Crippen molar-refractivity contribution in [3.05, 3.63) is 59.2 Å². The van der Waals surface area contributed by atoms with Gasteiger partial charge in [0.05, 0.1) is 26.9 Å². The molecule has 2 unspecified atom stereocenters. The van der Waals surface area contributed by atoms with Crippen molar-refractivity contribution in [3.63, 3.8) is 0 Å². The molecule has 2 N–H and O–H groups in total. The molecule has 2 atom stereocenters. The Labute approximate surface area is 143 Å². The van der Waals surface area contributed by atoms with Gasteiger partial charge < -0.3 is 19.9 Å². The smallest absolute Gasteiger partial charge is 0.119 e. The van der Waals surface area contributed by atoms with Gasteiger partial charge in [-0.05, 0) is 60.2 Å². The van der Waals surface area contributed by atoms with Gasteiger partial charge in [-0.1, -0.05) is 18.2 Å². The minimum Gasteiger partial charge on any atom is -0.497 e. The number of aliphatic hydroxyl groups is 1. The zero-order valence-corrected chi connectivity index (χ0v) is 14.3. The summed E-state index contributed by atoms with van der Waals surface area (Å²) in [5, 5.41) is 13.4. The maximum absolute atomic E-state index is 9.83. The van der Waals surface area contributed by atoms with Gasteiger partial charge >= 0.3 is 0 Å². The van der Waals surface area contributed by atoms with Gasteiger partial charge in [-0.3, -0.25) is 0 Å². The van der Waals surface area contributed by atoms with Crippen LogP contribution in [-0.4, -0.2) is 32.0 Å². The fraction of sp³-hybridized carbons (Fsp3) is 0.400. The Kier molecular flexibility index (Phi) is 5.38. The third-order valence-electron chi connectivity index (χ3n) is 4.76. The van der Waals surface area contributed by atoms with Crippen LogP contribution in [0, 0.1) is 0 Å². The highest BCUT2D eigenvalue weighted by molar-refractivity contribution is 5.38. The predicted molar refractivity (Wildman–Crippen MR) is 94.8 cm³/mol.